The zero-order valence-electron chi connectivity index (χ0n) is 11.8. The summed E-state index contributed by atoms with van der Waals surface area (Å²) in [5.74, 6) is -1.05. The first kappa shape index (κ1) is 14.7. The third kappa shape index (κ3) is 3.67. The Labute approximate surface area is 123 Å². The van der Waals surface area contributed by atoms with Gasteiger partial charge >= 0.3 is 5.97 Å². The number of aromatic nitrogens is 1. The summed E-state index contributed by atoms with van der Waals surface area (Å²) < 4.78 is 0. The van der Waals surface area contributed by atoms with Gasteiger partial charge in [-0.05, 0) is 44.2 Å². The van der Waals surface area contributed by atoms with Gasteiger partial charge < -0.3 is 5.11 Å². The zero-order chi connectivity index (χ0) is 14.5. The highest BCUT2D eigenvalue weighted by molar-refractivity contribution is 7.09. The number of aryl methyl sites for hydroxylation is 3. The Balaban J connectivity index is 2.03. The molecule has 1 aromatic carbocycles. The molecular weight excluding hydrogens is 270 g/mol. The van der Waals surface area contributed by atoms with E-state index in [4.69, 9.17) is 0 Å². The molecule has 0 fully saturated rings. The van der Waals surface area contributed by atoms with Crippen LogP contribution in [0.15, 0.2) is 29.8 Å². The van der Waals surface area contributed by atoms with Crippen LogP contribution in [0, 0.1) is 19.8 Å². The lowest BCUT2D eigenvalue weighted by Gasteiger charge is -2.13. The highest BCUT2D eigenvalue weighted by atomic mass is 32.1. The average molecular weight is 289 g/mol. The minimum atomic E-state index is -0.713. The standard InChI is InChI=1S/C16H19NO2S/c1-11-5-3-4-6-13(11)9-14(16(18)19)7-8-15-12(2)17-10-20-15/h3-6,10,14H,7-9H2,1-2H3,(H,18,19). The van der Waals surface area contributed by atoms with Gasteiger partial charge in [0, 0.05) is 4.88 Å². The Bertz CT molecular complexity index is 592. The molecule has 0 amide bonds. The van der Waals surface area contributed by atoms with Gasteiger partial charge in [-0.2, -0.15) is 0 Å². The van der Waals surface area contributed by atoms with Crippen molar-refractivity contribution < 1.29 is 9.90 Å². The first-order chi connectivity index (χ1) is 9.58. The summed E-state index contributed by atoms with van der Waals surface area (Å²) in [4.78, 5) is 16.9. The van der Waals surface area contributed by atoms with Crippen molar-refractivity contribution in [1.29, 1.82) is 0 Å². The maximum absolute atomic E-state index is 11.4. The molecule has 2 aromatic rings. The first-order valence-electron chi connectivity index (χ1n) is 6.74. The number of benzene rings is 1. The molecule has 1 N–H and O–H groups in total. The van der Waals surface area contributed by atoms with Crippen LogP contribution in [0.25, 0.3) is 0 Å². The third-order valence-electron chi connectivity index (χ3n) is 3.64. The molecule has 0 bridgehead atoms. The van der Waals surface area contributed by atoms with Crippen LogP contribution in [0.5, 0.6) is 0 Å². The Morgan fingerprint density at radius 2 is 2.10 bits per heavy atom. The molecule has 0 radical (unpaired) electrons. The maximum Gasteiger partial charge on any atom is 0.306 e. The summed E-state index contributed by atoms with van der Waals surface area (Å²) in [5, 5.41) is 9.41. The van der Waals surface area contributed by atoms with Gasteiger partial charge in [0.1, 0.15) is 0 Å². The van der Waals surface area contributed by atoms with Crippen molar-refractivity contribution in [1.82, 2.24) is 4.98 Å². The van der Waals surface area contributed by atoms with E-state index in [0.29, 0.717) is 12.8 Å². The van der Waals surface area contributed by atoms with Crippen molar-refractivity contribution in [2.45, 2.75) is 33.1 Å². The summed E-state index contributed by atoms with van der Waals surface area (Å²) in [6, 6.07) is 7.99. The van der Waals surface area contributed by atoms with Crippen LogP contribution >= 0.6 is 11.3 Å². The normalized spacial score (nSPS) is 12.3. The fourth-order valence-corrected chi connectivity index (χ4v) is 3.09. The van der Waals surface area contributed by atoms with E-state index in [-0.39, 0.29) is 5.92 Å². The molecule has 0 spiro atoms. The lowest BCUT2D eigenvalue weighted by molar-refractivity contribution is -0.141. The van der Waals surface area contributed by atoms with Crippen LogP contribution in [-0.4, -0.2) is 16.1 Å². The second kappa shape index (κ2) is 6.66. The maximum atomic E-state index is 11.4. The van der Waals surface area contributed by atoms with Crippen molar-refractivity contribution in [2.24, 2.45) is 5.92 Å². The Morgan fingerprint density at radius 3 is 2.70 bits per heavy atom. The zero-order valence-corrected chi connectivity index (χ0v) is 12.6. The molecule has 0 saturated heterocycles. The van der Waals surface area contributed by atoms with Gasteiger partial charge in [-0.1, -0.05) is 24.3 Å². The summed E-state index contributed by atoms with van der Waals surface area (Å²) in [6.45, 7) is 4.00. The molecule has 1 aromatic heterocycles. The van der Waals surface area contributed by atoms with Crippen molar-refractivity contribution in [3.05, 3.63) is 51.5 Å². The molecular formula is C16H19NO2S. The van der Waals surface area contributed by atoms with E-state index < -0.39 is 5.97 Å². The third-order valence-corrected chi connectivity index (χ3v) is 4.64. The smallest absolute Gasteiger partial charge is 0.306 e. The molecule has 2 rings (SSSR count). The number of carboxylic acids is 1. The fourth-order valence-electron chi connectivity index (χ4n) is 2.29. The van der Waals surface area contributed by atoms with E-state index in [1.54, 1.807) is 11.3 Å². The van der Waals surface area contributed by atoms with Gasteiger partial charge in [0.2, 0.25) is 0 Å². The fraction of sp³-hybridized carbons (Fsp3) is 0.375. The Hall–Kier alpha value is -1.68. The highest BCUT2D eigenvalue weighted by Gasteiger charge is 2.19. The topological polar surface area (TPSA) is 50.2 Å². The van der Waals surface area contributed by atoms with Crippen LogP contribution in [0.4, 0.5) is 0 Å². The van der Waals surface area contributed by atoms with Gasteiger partial charge in [0.15, 0.2) is 0 Å². The molecule has 0 aliphatic rings. The van der Waals surface area contributed by atoms with Gasteiger partial charge in [-0.15, -0.1) is 11.3 Å². The molecule has 106 valence electrons. The lowest BCUT2D eigenvalue weighted by atomic mass is 9.92. The van der Waals surface area contributed by atoms with Gasteiger partial charge in [-0.25, -0.2) is 4.98 Å². The van der Waals surface area contributed by atoms with E-state index >= 15 is 0 Å². The molecule has 0 saturated carbocycles. The van der Waals surface area contributed by atoms with Crippen LogP contribution in [0.1, 0.15) is 28.1 Å². The summed E-state index contributed by atoms with van der Waals surface area (Å²) in [7, 11) is 0. The number of aliphatic carboxylic acids is 1. The SMILES string of the molecule is Cc1ccccc1CC(CCc1scnc1C)C(=O)O. The number of carbonyl (C=O) groups is 1. The van der Waals surface area contributed by atoms with Crippen molar-refractivity contribution >= 4 is 17.3 Å². The number of nitrogens with zero attached hydrogens (tertiary/aromatic N) is 1. The first-order valence-corrected chi connectivity index (χ1v) is 7.62. The number of thiazole rings is 1. The van der Waals surface area contributed by atoms with E-state index in [2.05, 4.69) is 4.98 Å². The van der Waals surface area contributed by atoms with Crippen LogP contribution < -0.4 is 0 Å². The predicted octanol–water partition coefficient (Wildman–Crippen LogP) is 3.64. The van der Waals surface area contributed by atoms with Crippen LogP contribution in [-0.2, 0) is 17.6 Å². The summed E-state index contributed by atoms with van der Waals surface area (Å²) in [6.07, 6.45) is 2.05. The molecule has 0 aliphatic heterocycles. The summed E-state index contributed by atoms with van der Waals surface area (Å²) >= 11 is 1.61. The van der Waals surface area contributed by atoms with Crippen molar-refractivity contribution in [3.63, 3.8) is 0 Å². The number of rotatable bonds is 6. The quantitative estimate of drug-likeness (QED) is 0.883. The second-order valence-electron chi connectivity index (χ2n) is 5.07. The molecule has 1 atom stereocenters. The minimum Gasteiger partial charge on any atom is -0.481 e. The van der Waals surface area contributed by atoms with E-state index in [9.17, 15) is 9.90 Å². The van der Waals surface area contributed by atoms with E-state index in [1.165, 1.54) is 4.88 Å². The molecule has 1 heterocycles. The second-order valence-corrected chi connectivity index (χ2v) is 6.00. The molecule has 3 nitrogen and oxygen atoms in total. The van der Waals surface area contributed by atoms with Crippen LogP contribution in [0.2, 0.25) is 0 Å². The van der Waals surface area contributed by atoms with Crippen LogP contribution in [0.3, 0.4) is 0 Å². The molecule has 0 aliphatic carbocycles. The monoisotopic (exact) mass is 289 g/mol. The number of hydrogen-bond acceptors (Lipinski definition) is 3. The van der Waals surface area contributed by atoms with Crippen molar-refractivity contribution in [3.8, 4) is 0 Å². The van der Waals surface area contributed by atoms with Gasteiger partial charge in [0.25, 0.3) is 0 Å². The Morgan fingerprint density at radius 1 is 1.35 bits per heavy atom. The Kier molecular flexibility index (Phi) is 4.90. The summed E-state index contributed by atoms with van der Waals surface area (Å²) in [5.41, 5.74) is 5.13. The minimum absolute atomic E-state index is 0.336. The largest absolute Gasteiger partial charge is 0.481 e. The van der Waals surface area contributed by atoms with Crippen molar-refractivity contribution in [2.75, 3.05) is 0 Å². The molecule has 20 heavy (non-hydrogen) atoms. The van der Waals surface area contributed by atoms with Gasteiger partial charge in [-0.3, -0.25) is 4.79 Å². The van der Waals surface area contributed by atoms with E-state index in [1.807, 2.05) is 43.6 Å². The highest BCUT2D eigenvalue weighted by Crippen LogP contribution is 2.21. The molecule has 1 unspecified atom stereocenters. The number of hydrogen-bond donors (Lipinski definition) is 1. The van der Waals surface area contributed by atoms with Gasteiger partial charge in [0.05, 0.1) is 17.1 Å². The molecule has 4 heteroatoms. The lowest BCUT2D eigenvalue weighted by Crippen LogP contribution is -2.17. The van der Waals surface area contributed by atoms with E-state index in [0.717, 1.165) is 23.2 Å². The number of carboxylic acid groups (broad SMARTS) is 1. The average Bonchev–Trinajstić information content (AvgIpc) is 2.82. The predicted molar refractivity (Wildman–Crippen MR) is 81.2 cm³/mol.